The molecule has 0 aliphatic rings. The number of halogens is 4. The van der Waals surface area contributed by atoms with Crippen LogP contribution >= 0.6 is 50.7 Å². The van der Waals surface area contributed by atoms with Gasteiger partial charge in [-0.3, -0.25) is 0 Å². The van der Waals surface area contributed by atoms with Crippen molar-refractivity contribution in [3.05, 3.63) is 55.6 Å². The van der Waals surface area contributed by atoms with E-state index in [0.29, 0.717) is 22.4 Å². The average Bonchev–Trinajstić information content (AvgIpc) is 2.32. The van der Waals surface area contributed by atoms with E-state index in [0.717, 1.165) is 10.0 Å². The second-order valence-electron chi connectivity index (χ2n) is 3.57. The molecule has 0 bridgehead atoms. The van der Waals surface area contributed by atoms with Crippen molar-refractivity contribution in [2.45, 2.75) is 6.54 Å². The Kier molecular flexibility index (Phi) is 4.73. The van der Waals surface area contributed by atoms with E-state index in [-0.39, 0.29) is 5.15 Å². The number of aromatic nitrogens is 1. The van der Waals surface area contributed by atoms with Crippen LogP contribution in [0.1, 0.15) is 5.56 Å². The lowest BCUT2D eigenvalue weighted by Gasteiger charge is -2.09. The van der Waals surface area contributed by atoms with Crippen LogP contribution in [-0.2, 0) is 6.54 Å². The fraction of sp³-hybridized carbons (Fsp3) is 0.0833. The Labute approximate surface area is 128 Å². The Morgan fingerprint density at radius 1 is 1.11 bits per heavy atom. The second-order valence-corrected chi connectivity index (χ2v) is 5.66. The molecule has 2 rings (SSSR count). The molecule has 0 amide bonds. The van der Waals surface area contributed by atoms with Gasteiger partial charge in [0.2, 0.25) is 0 Å². The van der Waals surface area contributed by atoms with E-state index in [1.54, 1.807) is 6.07 Å². The van der Waals surface area contributed by atoms with E-state index in [1.165, 1.54) is 0 Å². The maximum atomic E-state index is 6.02. The minimum absolute atomic E-state index is 0.234. The molecule has 0 radical (unpaired) electrons. The summed E-state index contributed by atoms with van der Waals surface area (Å²) in [7, 11) is 0. The Bertz CT molecular complexity index is 575. The van der Waals surface area contributed by atoms with Gasteiger partial charge < -0.3 is 5.32 Å². The molecule has 2 aromatic rings. The van der Waals surface area contributed by atoms with Gasteiger partial charge in [-0.05, 0) is 23.8 Å². The van der Waals surface area contributed by atoms with E-state index in [9.17, 15) is 0 Å². The summed E-state index contributed by atoms with van der Waals surface area (Å²) in [6.45, 7) is 0.601. The van der Waals surface area contributed by atoms with E-state index >= 15 is 0 Å². The fourth-order valence-corrected chi connectivity index (χ4v) is 2.41. The van der Waals surface area contributed by atoms with Gasteiger partial charge in [-0.15, -0.1) is 0 Å². The normalized spacial score (nSPS) is 10.4. The number of nitrogens with one attached hydrogen (secondary N) is 1. The van der Waals surface area contributed by atoms with Crippen molar-refractivity contribution in [2.75, 3.05) is 5.32 Å². The van der Waals surface area contributed by atoms with Gasteiger partial charge in [-0.25, -0.2) is 4.98 Å². The third-order valence-corrected chi connectivity index (χ3v) is 3.69. The second kappa shape index (κ2) is 6.11. The van der Waals surface area contributed by atoms with Gasteiger partial charge in [-0.2, -0.15) is 0 Å². The van der Waals surface area contributed by atoms with Gasteiger partial charge in [0.15, 0.2) is 0 Å². The number of benzene rings is 1. The third-order valence-electron chi connectivity index (χ3n) is 2.24. The van der Waals surface area contributed by atoms with Crippen LogP contribution in [0.4, 0.5) is 5.82 Å². The van der Waals surface area contributed by atoms with Crippen molar-refractivity contribution in [3.8, 4) is 0 Å². The molecule has 0 spiro atoms. The number of hydrogen-bond donors (Lipinski definition) is 1. The topological polar surface area (TPSA) is 24.9 Å². The predicted molar refractivity (Wildman–Crippen MR) is 80.7 cm³/mol. The van der Waals surface area contributed by atoms with Crippen LogP contribution in [0, 0.1) is 0 Å². The molecule has 1 N–H and O–H groups in total. The Morgan fingerprint density at radius 2 is 1.89 bits per heavy atom. The molecule has 0 fully saturated rings. The number of hydrogen-bond acceptors (Lipinski definition) is 2. The highest BCUT2D eigenvalue weighted by molar-refractivity contribution is 9.10. The minimum Gasteiger partial charge on any atom is -0.365 e. The molecule has 0 saturated carbocycles. The lowest BCUT2D eigenvalue weighted by molar-refractivity contribution is 1.11. The van der Waals surface area contributed by atoms with Gasteiger partial charge in [-0.1, -0.05) is 62.9 Å². The summed E-state index contributed by atoms with van der Waals surface area (Å²) in [5, 5.41) is 4.14. The first-order valence-electron chi connectivity index (χ1n) is 5.06. The standard InChI is InChI=1S/C12H8BrCl3N2/c13-8-3-1-2-7(4-8)6-17-12-10(15)5-9(14)11(16)18-12/h1-5H,6H2,(H,17,18). The maximum Gasteiger partial charge on any atom is 0.150 e. The lowest BCUT2D eigenvalue weighted by atomic mass is 10.2. The van der Waals surface area contributed by atoms with Gasteiger partial charge in [0, 0.05) is 11.0 Å². The first-order valence-corrected chi connectivity index (χ1v) is 6.99. The van der Waals surface area contributed by atoms with Gasteiger partial charge in [0.05, 0.1) is 10.0 Å². The highest BCUT2D eigenvalue weighted by atomic mass is 79.9. The van der Waals surface area contributed by atoms with Crippen molar-refractivity contribution in [1.82, 2.24) is 4.98 Å². The molecule has 94 valence electrons. The van der Waals surface area contributed by atoms with Crippen molar-refractivity contribution >= 4 is 56.6 Å². The zero-order valence-corrected chi connectivity index (χ0v) is 12.9. The van der Waals surface area contributed by atoms with Gasteiger partial charge in [0.25, 0.3) is 0 Å². The molecule has 2 nitrogen and oxygen atoms in total. The highest BCUT2D eigenvalue weighted by Gasteiger charge is 2.07. The minimum atomic E-state index is 0.234. The molecule has 0 aliphatic heterocycles. The first kappa shape index (κ1) is 13.9. The Balaban J connectivity index is 2.13. The monoisotopic (exact) mass is 364 g/mol. The summed E-state index contributed by atoms with van der Waals surface area (Å²) < 4.78 is 1.02. The predicted octanol–water partition coefficient (Wildman–Crippen LogP) is 5.42. The van der Waals surface area contributed by atoms with Crippen molar-refractivity contribution in [1.29, 1.82) is 0 Å². The van der Waals surface area contributed by atoms with E-state index in [4.69, 9.17) is 34.8 Å². The molecule has 6 heteroatoms. The molecule has 0 aliphatic carbocycles. The van der Waals surface area contributed by atoms with Crippen molar-refractivity contribution < 1.29 is 0 Å². The van der Waals surface area contributed by atoms with E-state index < -0.39 is 0 Å². The summed E-state index contributed by atoms with van der Waals surface area (Å²) in [4.78, 5) is 4.09. The summed E-state index contributed by atoms with van der Waals surface area (Å²) in [5.74, 6) is 0.519. The molecule has 1 aromatic carbocycles. The van der Waals surface area contributed by atoms with Crippen LogP contribution in [0.15, 0.2) is 34.8 Å². The largest absolute Gasteiger partial charge is 0.365 e. The SMILES string of the molecule is Clc1cc(Cl)c(NCc2cccc(Br)c2)nc1Cl. The summed E-state index contributed by atoms with van der Waals surface area (Å²) in [5.41, 5.74) is 1.10. The fourth-order valence-electron chi connectivity index (χ4n) is 1.40. The van der Waals surface area contributed by atoms with Crippen LogP contribution < -0.4 is 5.32 Å². The highest BCUT2D eigenvalue weighted by Crippen LogP contribution is 2.29. The third kappa shape index (κ3) is 3.51. The van der Waals surface area contributed by atoms with Crippen LogP contribution in [0.5, 0.6) is 0 Å². The number of anilines is 1. The van der Waals surface area contributed by atoms with E-state index in [1.807, 2.05) is 24.3 Å². The lowest BCUT2D eigenvalue weighted by Crippen LogP contribution is -2.02. The number of rotatable bonds is 3. The molecular weight excluding hydrogens is 358 g/mol. The Hall–Kier alpha value is -0.480. The molecule has 18 heavy (non-hydrogen) atoms. The average molecular weight is 366 g/mol. The van der Waals surface area contributed by atoms with Crippen LogP contribution in [0.2, 0.25) is 15.2 Å². The Morgan fingerprint density at radius 3 is 2.61 bits per heavy atom. The van der Waals surface area contributed by atoms with Crippen molar-refractivity contribution in [2.24, 2.45) is 0 Å². The smallest absolute Gasteiger partial charge is 0.150 e. The maximum absolute atomic E-state index is 6.02. The van der Waals surface area contributed by atoms with Crippen LogP contribution in [-0.4, -0.2) is 4.98 Å². The zero-order chi connectivity index (χ0) is 13.1. The molecule has 0 atom stereocenters. The number of pyridine rings is 1. The summed E-state index contributed by atoms with van der Waals surface area (Å²) >= 11 is 21.1. The zero-order valence-electron chi connectivity index (χ0n) is 9.05. The summed E-state index contributed by atoms with van der Waals surface area (Å²) in [6, 6.07) is 9.52. The van der Waals surface area contributed by atoms with Gasteiger partial charge in [0.1, 0.15) is 11.0 Å². The molecule has 1 heterocycles. The van der Waals surface area contributed by atoms with E-state index in [2.05, 4.69) is 26.2 Å². The van der Waals surface area contributed by atoms with Crippen molar-refractivity contribution in [3.63, 3.8) is 0 Å². The molecule has 0 saturated heterocycles. The van der Waals surface area contributed by atoms with Crippen LogP contribution in [0.25, 0.3) is 0 Å². The molecule has 1 aromatic heterocycles. The van der Waals surface area contributed by atoms with Crippen LogP contribution in [0.3, 0.4) is 0 Å². The summed E-state index contributed by atoms with van der Waals surface area (Å²) in [6.07, 6.45) is 0. The quantitative estimate of drug-likeness (QED) is 0.734. The number of nitrogens with zero attached hydrogens (tertiary/aromatic N) is 1. The molecule has 0 unspecified atom stereocenters. The first-order chi connectivity index (χ1) is 8.56. The molecular formula is C12H8BrCl3N2. The van der Waals surface area contributed by atoms with Gasteiger partial charge >= 0.3 is 0 Å².